The van der Waals surface area contributed by atoms with Gasteiger partial charge in [-0.25, -0.2) is 4.79 Å². The number of pyridine rings is 1. The molecule has 7 nitrogen and oxygen atoms in total. The number of aliphatic hydroxyl groups excluding tert-OH is 1. The van der Waals surface area contributed by atoms with Gasteiger partial charge in [0.05, 0.1) is 24.4 Å². The van der Waals surface area contributed by atoms with Crippen LogP contribution in [0.5, 0.6) is 0 Å². The molecular weight excluding hydrogens is 272 g/mol. The zero-order chi connectivity index (χ0) is 15.3. The molecule has 0 spiro atoms. The molecule has 0 bridgehead atoms. The molecule has 7 heteroatoms. The molecule has 21 heavy (non-hydrogen) atoms. The van der Waals surface area contributed by atoms with Crippen molar-refractivity contribution in [3.05, 3.63) is 36.2 Å². The Hall–Kier alpha value is -2.41. The fourth-order valence-corrected chi connectivity index (χ4v) is 1.59. The van der Waals surface area contributed by atoms with Crippen LogP contribution in [0, 0.1) is 0 Å². The number of hydrogen-bond acceptors (Lipinski definition) is 5. The van der Waals surface area contributed by atoms with E-state index in [1.165, 1.54) is 0 Å². The van der Waals surface area contributed by atoms with Gasteiger partial charge in [-0.05, 0) is 26.0 Å². The van der Waals surface area contributed by atoms with Crippen molar-refractivity contribution in [2.24, 2.45) is 0 Å². The highest BCUT2D eigenvalue weighted by atomic mass is 16.5. The van der Waals surface area contributed by atoms with Crippen LogP contribution < -0.4 is 10.6 Å². The smallest absolute Gasteiger partial charge is 0.315 e. The molecule has 2 aromatic rings. The van der Waals surface area contributed by atoms with Crippen LogP contribution in [0.1, 0.15) is 19.6 Å². The van der Waals surface area contributed by atoms with Crippen LogP contribution in [-0.2, 0) is 6.54 Å². The maximum atomic E-state index is 11.7. The third-order valence-electron chi connectivity index (χ3n) is 2.76. The number of aliphatic hydroxyl groups is 1. The molecule has 112 valence electrons. The van der Waals surface area contributed by atoms with E-state index in [-0.39, 0.29) is 19.2 Å². The van der Waals surface area contributed by atoms with Crippen LogP contribution in [0.4, 0.5) is 4.79 Å². The minimum Gasteiger partial charge on any atom is -0.394 e. The zero-order valence-corrected chi connectivity index (χ0v) is 12.0. The van der Waals surface area contributed by atoms with E-state index >= 15 is 0 Å². The number of amides is 2. The summed E-state index contributed by atoms with van der Waals surface area (Å²) in [6.45, 7) is 3.50. The summed E-state index contributed by atoms with van der Waals surface area (Å²) in [6.07, 6.45) is 1.67. The molecule has 0 fully saturated rings. The molecule has 3 N–H and O–H groups in total. The summed E-state index contributed by atoms with van der Waals surface area (Å²) >= 11 is 0. The van der Waals surface area contributed by atoms with Crippen molar-refractivity contribution in [2.45, 2.75) is 25.9 Å². The number of carbonyl (C=O) groups excluding carboxylic acids is 1. The van der Waals surface area contributed by atoms with Gasteiger partial charge in [-0.1, -0.05) is 11.2 Å². The second-order valence-corrected chi connectivity index (χ2v) is 5.24. The summed E-state index contributed by atoms with van der Waals surface area (Å²) in [7, 11) is 0. The topological polar surface area (TPSA) is 100 Å². The number of rotatable bonds is 5. The average molecular weight is 290 g/mol. The molecule has 0 aliphatic rings. The van der Waals surface area contributed by atoms with E-state index < -0.39 is 5.54 Å². The lowest BCUT2D eigenvalue weighted by Crippen LogP contribution is -2.50. The van der Waals surface area contributed by atoms with Gasteiger partial charge >= 0.3 is 6.03 Å². The molecule has 0 saturated heterocycles. The third-order valence-corrected chi connectivity index (χ3v) is 2.76. The van der Waals surface area contributed by atoms with Crippen molar-refractivity contribution in [1.82, 2.24) is 20.8 Å². The standard InChI is InChI=1S/C14H18N4O3/c1-14(2,9-19)17-13(20)16-8-10-7-12(18-21-10)11-5-3-4-6-15-11/h3-7,19H,8-9H2,1-2H3,(H2,16,17,20). The monoisotopic (exact) mass is 290 g/mol. The van der Waals surface area contributed by atoms with Crippen molar-refractivity contribution < 1.29 is 14.4 Å². The Labute approximate surface area is 122 Å². The lowest BCUT2D eigenvalue weighted by atomic mass is 10.1. The van der Waals surface area contributed by atoms with E-state index in [1.807, 2.05) is 18.2 Å². The molecule has 0 aromatic carbocycles. The number of nitrogens with zero attached hydrogens (tertiary/aromatic N) is 2. The lowest BCUT2D eigenvalue weighted by molar-refractivity contribution is 0.181. The summed E-state index contributed by atoms with van der Waals surface area (Å²) in [5.74, 6) is 0.521. The van der Waals surface area contributed by atoms with Gasteiger partial charge in [0.15, 0.2) is 5.76 Å². The molecule has 0 unspecified atom stereocenters. The highest BCUT2D eigenvalue weighted by Crippen LogP contribution is 2.15. The first kappa shape index (κ1) is 15.0. The van der Waals surface area contributed by atoms with E-state index in [9.17, 15) is 4.79 Å². The SMILES string of the molecule is CC(C)(CO)NC(=O)NCc1cc(-c2ccccn2)no1. The van der Waals surface area contributed by atoms with E-state index in [0.29, 0.717) is 17.1 Å². The van der Waals surface area contributed by atoms with Gasteiger partial charge in [0.1, 0.15) is 5.69 Å². The molecule has 2 amide bonds. The molecule has 0 saturated carbocycles. The van der Waals surface area contributed by atoms with Gasteiger partial charge < -0.3 is 20.3 Å². The predicted octanol–water partition coefficient (Wildman–Crippen LogP) is 1.31. The molecule has 2 rings (SSSR count). The molecule has 0 aliphatic carbocycles. The summed E-state index contributed by atoms with van der Waals surface area (Å²) in [5, 5.41) is 18.3. The van der Waals surface area contributed by atoms with Gasteiger partial charge in [-0.15, -0.1) is 0 Å². The van der Waals surface area contributed by atoms with Crippen LogP contribution in [0.25, 0.3) is 11.4 Å². The second-order valence-electron chi connectivity index (χ2n) is 5.24. The van der Waals surface area contributed by atoms with E-state index in [1.54, 1.807) is 26.1 Å². The first-order valence-corrected chi connectivity index (χ1v) is 6.54. The highest BCUT2D eigenvalue weighted by molar-refractivity contribution is 5.74. The van der Waals surface area contributed by atoms with Crippen molar-refractivity contribution in [3.63, 3.8) is 0 Å². The van der Waals surface area contributed by atoms with Crippen molar-refractivity contribution >= 4 is 6.03 Å². The summed E-state index contributed by atoms with van der Waals surface area (Å²) in [5.41, 5.74) is 0.645. The average Bonchev–Trinajstić information content (AvgIpc) is 2.95. The van der Waals surface area contributed by atoms with Crippen molar-refractivity contribution in [2.75, 3.05) is 6.61 Å². The van der Waals surface area contributed by atoms with Crippen molar-refractivity contribution in [1.29, 1.82) is 0 Å². The van der Waals surface area contributed by atoms with Gasteiger partial charge in [-0.3, -0.25) is 4.98 Å². The number of aromatic nitrogens is 2. The van der Waals surface area contributed by atoms with E-state index in [0.717, 1.165) is 0 Å². The van der Waals surface area contributed by atoms with Crippen LogP contribution in [0.15, 0.2) is 35.0 Å². The quantitative estimate of drug-likeness (QED) is 0.770. The summed E-state index contributed by atoms with van der Waals surface area (Å²) in [4.78, 5) is 15.8. The van der Waals surface area contributed by atoms with Gasteiger partial charge in [0.25, 0.3) is 0 Å². The zero-order valence-electron chi connectivity index (χ0n) is 12.0. The van der Waals surface area contributed by atoms with Crippen molar-refractivity contribution in [3.8, 4) is 11.4 Å². The maximum Gasteiger partial charge on any atom is 0.315 e. The van der Waals surface area contributed by atoms with Gasteiger partial charge in [-0.2, -0.15) is 0 Å². The van der Waals surface area contributed by atoms with Crippen LogP contribution >= 0.6 is 0 Å². The first-order valence-electron chi connectivity index (χ1n) is 6.54. The van der Waals surface area contributed by atoms with Gasteiger partial charge in [0.2, 0.25) is 0 Å². The molecule has 2 aromatic heterocycles. The Kier molecular flexibility index (Phi) is 4.54. The number of nitrogens with one attached hydrogen (secondary N) is 2. The van der Waals surface area contributed by atoms with Crippen LogP contribution in [0.2, 0.25) is 0 Å². The fourth-order valence-electron chi connectivity index (χ4n) is 1.59. The number of hydrogen-bond donors (Lipinski definition) is 3. The molecule has 2 heterocycles. The van der Waals surface area contributed by atoms with E-state index in [4.69, 9.17) is 9.63 Å². The Bertz CT molecular complexity index is 595. The largest absolute Gasteiger partial charge is 0.394 e. The van der Waals surface area contributed by atoms with E-state index in [2.05, 4.69) is 20.8 Å². The van der Waals surface area contributed by atoms with Gasteiger partial charge in [0, 0.05) is 12.3 Å². The lowest BCUT2D eigenvalue weighted by Gasteiger charge is -2.23. The Morgan fingerprint density at radius 3 is 2.86 bits per heavy atom. The predicted molar refractivity (Wildman–Crippen MR) is 76.3 cm³/mol. The summed E-state index contributed by atoms with van der Waals surface area (Å²) < 4.78 is 5.14. The second kappa shape index (κ2) is 6.36. The highest BCUT2D eigenvalue weighted by Gasteiger charge is 2.19. The Balaban J connectivity index is 1.90. The Morgan fingerprint density at radius 1 is 1.38 bits per heavy atom. The molecule has 0 atom stereocenters. The normalized spacial score (nSPS) is 11.2. The van der Waals surface area contributed by atoms with Crippen LogP contribution in [-0.4, -0.2) is 33.4 Å². The minimum atomic E-state index is -0.676. The third kappa shape index (κ3) is 4.28. The minimum absolute atomic E-state index is 0.146. The Morgan fingerprint density at radius 2 is 2.19 bits per heavy atom. The molecular formula is C14H18N4O3. The molecule has 0 aliphatic heterocycles. The molecule has 0 radical (unpaired) electrons. The number of carbonyl (C=O) groups is 1. The first-order chi connectivity index (χ1) is 10.00. The fraction of sp³-hybridized carbons (Fsp3) is 0.357. The number of urea groups is 1. The van der Waals surface area contributed by atoms with Crippen LogP contribution in [0.3, 0.4) is 0 Å². The maximum absolute atomic E-state index is 11.7. The summed E-state index contributed by atoms with van der Waals surface area (Å²) in [6, 6.07) is 6.84.